The van der Waals surface area contributed by atoms with Crippen LogP contribution in [0.1, 0.15) is 29.3 Å². The predicted molar refractivity (Wildman–Crippen MR) is 122 cm³/mol. The Balaban J connectivity index is 1.97. The van der Waals surface area contributed by atoms with Gasteiger partial charge in [-0.25, -0.2) is 9.78 Å². The van der Waals surface area contributed by atoms with Crippen LogP contribution in [0, 0.1) is 5.41 Å². The highest BCUT2D eigenvalue weighted by atomic mass is 16.5. The van der Waals surface area contributed by atoms with Crippen LogP contribution in [0.5, 0.6) is 0 Å². The molecule has 1 unspecified atom stereocenters. The van der Waals surface area contributed by atoms with Crippen LogP contribution >= 0.6 is 0 Å². The van der Waals surface area contributed by atoms with E-state index >= 15 is 0 Å². The monoisotopic (exact) mass is 422 g/mol. The molecule has 0 aliphatic carbocycles. The molecule has 1 aliphatic rings. The number of nitrogens with one attached hydrogen (secondary N) is 4. The van der Waals surface area contributed by atoms with E-state index in [1.54, 1.807) is 19.4 Å². The van der Waals surface area contributed by atoms with Crippen molar-refractivity contribution in [3.63, 3.8) is 0 Å². The maximum absolute atomic E-state index is 12.7. The van der Waals surface area contributed by atoms with Crippen molar-refractivity contribution in [1.29, 1.82) is 5.41 Å². The summed E-state index contributed by atoms with van der Waals surface area (Å²) in [5.41, 5.74) is 3.28. The minimum atomic E-state index is -0.419. The third-order valence-corrected chi connectivity index (χ3v) is 4.70. The summed E-state index contributed by atoms with van der Waals surface area (Å²) in [5, 5.41) is 20.6. The molecule has 1 aliphatic heterocycles. The number of urea groups is 1. The Bertz CT molecular complexity index is 975. The van der Waals surface area contributed by atoms with E-state index in [0.29, 0.717) is 48.0 Å². The fourth-order valence-corrected chi connectivity index (χ4v) is 3.23. The summed E-state index contributed by atoms with van der Waals surface area (Å²) < 4.78 is 5.08. The number of nitrogens with zero attached hydrogens (tertiary/aromatic N) is 3. The third-order valence-electron chi connectivity index (χ3n) is 4.70. The lowest BCUT2D eigenvalue weighted by atomic mass is 10.0. The molecule has 2 heterocycles. The molecule has 0 saturated heterocycles. The van der Waals surface area contributed by atoms with Crippen LogP contribution in [0.3, 0.4) is 0 Å². The number of aliphatic imine (C=N–C) groups is 1. The van der Waals surface area contributed by atoms with Crippen molar-refractivity contribution >= 4 is 35.7 Å². The fourth-order valence-electron chi connectivity index (χ4n) is 3.23. The van der Waals surface area contributed by atoms with E-state index in [9.17, 15) is 4.79 Å². The van der Waals surface area contributed by atoms with Gasteiger partial charge in [-0.05, 0) is 11.6 Å². The number of methoxy groups -OCH3 is 1. The average Bonchev–Trinajstić information content (AvgIpc) is 2.78. The normalized spacial score (nSPS) is 17.8. The van der Waals surface area contributed by atoms with E-state index in [1.807, 2.05) is 30.3 Å². The molecular weight excluding hydrogens is 396 g/mol. The number of hydrogen-bond donors (Lipinski definition) is 5. The van der Waals surface area contributed by atoms with Gasteiger partial charge in [0, 0.05) is 38.1 Å². The number of nitrogens with two attached hydrogens (primary N) is 1. The molecule has 10 heteroatoms. The topological polar surface area (TPSA) is 150 Å². The number of benzene rings is 1. The van der Waals surface area contributed by atoms with Crippen LogP contribution in [0.25, 0.3) is 0 Å². The summed E-state index contributed by atoms with van der Waals surface area (Å²) >= 11 is 0. The number of aromatic nitrogens is 1. The van der Waals surface area contributed by atoms with Gasteiger partial charge in [0.25, 0.3) is 0 Å². The van der Waals surface area contributed by atoms with Crippen molar-refractivity contribution in [3.8, 4) is 0 Å². The summed E-state index contributed by atoms with van der Waals surface area (Å²) in [6, 6.07) is 10.4. The van der Waals surface area contributed by atoms with Crippen LogP contribution < -0.4 is 21.8 Å². The van der Waals surface area contributed by atoms with Crippen LogP contribution in [0.2, 0.25) is 0 Å². The number of carbonyl (C=O) groups excluding carboxylic acids is 1. The molecule has 3 rings (SSSR count). The van der Waals surface area contributed by atoms with E-state index in [4.69, 9.17) is 16.0 Å². The molecular formula is C21H26N8O2. The number of ether oxygens (including phenoxy) is 1. The van der Waals surface area contributed by atoms with Gasteiger partial charge in [0.2, 0.25) is 0 Å². The predicted octanol–water partition coefficient (Wildman–Crippen LogP) is 2.29. The zero-order valence-corrected chi connectivity index (χ0v) is 17.3. The Morgan fingerprint density at radius 3 is 2.90 bits per heavy atom. The van der Waals surface area contributed by atoms with Gasteiger partial charge < -0.3 is 26.6 Å². The Labute approximate surface area is 180 Å². The van der Waals surface area contributed by atoms with E-state index in [1.165, 1.54) is 6.21 Å². The van der Waals surface area contributed by atoms with Crippen molar-refractivity contribution in [3.05, 3.63) is 53.2 Å². The quantitative estimate of drug-likeness (QED) is 0.209. The second-order valence-electron chi connectivity index (χ2n) is 6.84. The smallest absolute Gasteiger partial charge is 0.320 e. The van der Waals surface area contributed by atoms with Crippen LogP contribution in [0.15, 0.2) is 46.5 Å². The maximum atomic E-state index is 12.7. The van der Waals surface area contributed by atoms with Gasteiger partial charge in [-0.1, -0.05) is 30.3 Å². The number of hydrazone groups is 1. The molecule has 0 radical (unpaired) electrons. The van der Waals surface area contributed by atoms with Gasteiger partial charge in [0.05, 0.1) is 36.3 Å². The van der Waals surface area contributed by atoms with Crippen LogP contribution in [0.4, 0.5) is 16.3 Å². The van der Waals surface area contributed by atoms with Crippen molar-refractivity contribution in [2.45, 2.75) is 19.0 Å². The second-order valence-corrected chi connectivity index (χ2v) is 6.84. The van der Waals surface area contributed by atoms with Gasteiger partial charge in [-0.15, -0.1) is 0 Å². The molecule has 1 atom stereocenters. The van der Waals surface area contributed by atoms with Gasteiger partial charge in [0.15, 0.2) is 0 Å². The minimum Gasteiger partial charge on any atom is -0.383 e. The van der Waals surface area contributed by atoms with Gasteiger partial charge >= 0.3 is 6.03 Å². The van der Waals surface area contributed by atoms with Crippen molar-refractivity contribution < 1.29 is 9.53 Å². The Morgan fingerprint density at radius 1 is 1.39 bits per heavy atom. The first-order chi connectivity index (χ1) is 15.1. The zero-order chi connectivity index (χ0) is 22.1. The lowest BCUT2D eigenvalue weighted by Crippen LogP contribution is -2.34. The number of carbonyl (C=O) groups is 1. The van der Waals surface area contributed by atoms with E-state index in [2.05, 4.69) is 31.0 Å². The molecule has 10 nitrogen and oxygen atoms in total. The molecule has 6 N–H and O–H groups in total. The lowest BCUT2D eigenvalue weighted by Gasteiger charge is -2.21. The molecule has 31 heavy (non-hydrogen) atoms. The highest BCUT2D eigenvalue weighted by Gasteiger charge is 2.19. The molecule has 1 aromatic carbocycles. The zero-order valence-electron chi connectivity index (χ0n) is 17.3. The SMILES string of the molecule is COCCNc1c(C=N)cc2nc1CN=CC(=NN)CC(c1ccccc1)NC(=O)N2. The molecule has 1 aromatic heterocycles. The first-order valence-electron chi connectivity index (χ1n) is 9.80. The highest BCUT2D eigenvalue weighted by Crippen LogP contribution is 2.24. The number of anilines is 2. The average molecular weight is 422 g/mol. The number of fused-ring (bicyclic) bond motifs is 2. The van der Waals surface area contributed by atoms with Crippen molar-refractivity contribution in [2.75, 3.05) is 30.9 Å². The number of rotatable bonds is 6. The Hall–Kier alpha value is -3.79. The van der Waals surface area contributed by atoms with Crippen LogP contribution in [-0.4, -0.2) is 49.4 Å². The standard InChI is InChI=1S/C21H26N8O2/c1-31-8-7-25-20-15(11-22)9-19-26-18(20)13-24-12-16(29-23)10-17(27-21(30)28-19)14-5-3-2-4-6-14/h2-6,9,11-12,17,22,25H,7-8,10,13,23H2,1H3,(H2,26,27,28,30). The fraction of sp³-hybridized carbons (Fsp3) is 0.286. The van der Waals surface area contributed by atoms with Crippen molar-refractivity contribution in [1.82, 2.24) is 10.3 Å². The molecule has 162 valence electrons. The highest BCUT2D eigenvalue weighted by molar-refractivity contribution is 6.30. The number of amides is 2. The molecule has 0 saturated carbocycles. The number of hydrogen-bond acceptors (Lipinski definition) is 8. The van der Waals surface area contributed by atoms with Gasteiger partial charge in [0.1, 0.15) is 5.82 Å². The first-order valence-corrected chi connectivity index (χ1v) is 9.80. The van der Waals surface area contributed by atoms with Gasteiger partial charge in [-0.3, -0.25) is 10.3 Å². The summed E-state index contributed by atoms with van der Waals surface area (Å²) in [6.45, 7) is 1.26. The number of pyridine rings is 1. The van der Waals surface area contributed by atoms with Crippen molar-refractivity contribution in [2.24, 2.45) is 15.9 Å². The summed E-state index contributed by atoms with van der Waals surface area (Å²) in [5.74, 6) is 5.91. The van der Waals surface area contributed by atoms with E-state index < -0.39 is 6.03 Å². The molecule has 2 amide bonds. The summed E-state index contributed by atoms with van der Waals surface area (Å²) in [7, 11) is 1.61. The second kappa shape index (κ2) is 10.8. The Morgan fingerprint density at radius 2 is 2.19 bits per heavy atom. The first kappa shape index (κ1) is 21.9. The Kier molecular flexibility index (Phi) is 7.66. The summed E-state index contributed by atoms with van der Waals surface area (Å²) in [4.78, 5) is 21.7. The summed E-state index contributed by atoms with van der Waals surface area (Å²) in [6.07, 6.45) is 3.18. The molecule has 0 spiro atoms. The molecule has 0 fully saturated rings. The van der Waals surface area contributed by atoms with Crippen LogP contribution in [-0.2, 0) is 11.3 Å². The molecule has 2 bridgehead atoms. The largest absolute Gasteiger partial charge is 0.383 e. The minimum absolute atomic E-state index is 0.225. The van der Waals surface area contributed by atoms with E-state index in [-0.39, 0.29) is 12.6 Å². The van der Waals surface area contributed by atoms with Gasteiger partial charge in [-0.2, -0.15) is 5.10 Å². The van der Waals surface area contributed by atoms with E-state index in [0.717, 1.165) is 5.56 Å². The lowest BCUT2D eigenvalue weighted by molar-refractivity contribution is 0.210. The third kappa shape index (κ3) is 5.86. The molecule has 2 aromatic rings. The maximum Gasteiger partial charge on any atom is 0.320 e.